The van der Waals surface area contributed by atoms with Crippen LogP contribution in [0, 0.1) is 0 Å². The van der Waals surface area contributed by atoms with Crippen molar-refractivity contribution in [3.8, 4) is 0 Å². The Morgan fingerprint density at radius 3 is 1.17 bits per heavy atom. The summed E-state index contributed by atoms with van der Waals surface area (Å²) in [6.45, 7) is 6.41. The Hall–Kier alpha value is -3.67. The summed E-state index contributed by atoms with van der Waals surface area (Å²) in [6.07, 6.45) is 68.2. The summed E-state index contributed by atoms with van der Waals surface area (Å²) in [4.78, 5) is 38.0. The van der Waals surface area contributed by atoms with Crippen molar-refractivity contribution in [3.05, 3.63) is 97.2 Å². The first-order valence-electron chi connectivity index (χ1n) is 26.3. The molecule has 364 valence electrons. The Morgan fingerprint density at radius 1 is 0.344 bits per heavy atom. The first-order chi connectivity index (χ1) is 31.5. The van der Waals surface area contributed by atoms with E-state index in [1.807, 2.05) is 0 Å². The topological polar surface area (TPSA) is 78.9 Å². The zero-order valence-electron chi connectivity index (χ0n) is 41.5. The molecule has 0 rings (SSSR count). The third kappa shape index (κ3) is 49.3. The summed E-state index contributed by atoms with van der Waals surface area (Å²) in [6, 6.07) is 0. The standard InChI is InChI=1S/C58H96O6/c1-4-7-10-13-16-19-22-25-28-29-31-33-36-39-42-45-48-51-57(60)63-54-55(53-62-56(59)50-47-44-41-38-35-32-27-24-21-18-15-12-9-6-3)64-58(61)52-49-46-43-40-37-34-30-26-23-20-17-14-11-8-5-2/h7,10,16-17,19-20,23,25-26,28,31-33,35,39,42,55H,4-6,8-9,11-15,18,21-22,24,27,29-30,34,36-38,40-41,43-54H2,1-3H3/b10-7-,19-16-,20-17-,26-23-,28-25-,33-31-,35-32-,42-39-. The van der Waals surface area contributed by atoms with Crippen molar-refractivity contribution in [1.29, 1.82) is 0 Å². The zero-order valence-corrected chi connectivity index (χ0v) is 41.5. The highest BCUT2D eigenvalue weighted by atomic mass is 16.6. The van der Waals surface area contributed by atoms with Crippen LogP contribution in [0.4, 0.5) is 0 Å². The van der Waals surface area contributed by atoms with Crippen molar-refractivity contribution in [2.24, 2.45) is 0 Å². The van der Waals surface area contributed by atoms with E-state index in [2.05, 4.69) is 118 Å². The van der Waals surface area contributed by atoms with Gasteiger partial charge in [0, 0.05) is 19.3 Å². The monoisotopic (exact) mass is 889 g/mol. The van der Waals surface area contributed by atoms with Crippen LogP contribution in [0.1, 0.15) is 233 Å². The highest BCUT2D eigenvalue weighted by molar-refractivity contribution is 5.71. The number of unbranched alkanes of at least 4 members (excludes halogenated alkanes) is 20. The van der Waals surface area contributed by atoms with Gasteiger partial charge in [0.2, 0.25) is 0 Å². The van der Waals surface area contributed by atoms with Gasteiger partial charge in [-0.05, 0) is 109 Å². The smallest absolute Gasteiger partial charge is 0.306 e. The highest BCUT2D eigenvalue weighted by Crippen LogP contribution is 2.13. The normalized spacial score (nSPS) is 12.9. The van der Waals surface area contributed by atoms with Crippen LogP contribution in [-0.2, 0) is 28.6 Å². The quantitative estimate of drug-likeness (QED) is 0.0199. The third-order valence-electron chi connectivity index (χ3n) is 10.8. The maximum absolute atomic E-state index is 12.8. The van der Waals surface area contributed by atoms with Gasteiger partial charge in [-0.3, -0.25) is 14.4 Å². The average molecular weight is 889 g/mol. The summed E-state index contributed by atoms with van der Waals surface area (Å²) in [7, 11) is 0. The van der Waals surface area contributed by atoms with Gasteiger partial charge < -0.3 is 14.2 Å². The Labute approximate surface area is 394 Å². The molecule has 0 aliphatic heterocycles. The van der Waals surface area contributed by atoms with Gasteiger partial charge in [0.05, 0.1) is 0 Å². The summed E-state index contributed by atoms with van der Waals surface area (Å²) < 4.78 is 16.7. The molecule has 6 nitrogen and oxygen atoms in total. The van der Waals surface area contributed by atoms with E-state index in [0.717, 1.165) is 103 Å². The van der Waals surface area contributed by atoms with Crippen LogP contribution in [0.2, 0.25) is 0 Å². The van der Waals surface area contributed by atoms with Crippen molar-refractivity contribution in [2.75, 3.05) is 13.2 Å². The minimum Gasteiger partial charge on any atom is -0.462 e. The van der Waals surface area contributed by atoms with Gasteiger partial charge in [0.15, 0.2) is 6.10 Å². The fourth-order valence-corrected chi connectivity index (χ4v) is 6.87. The lowest BCUT2D eigenvalue weighted by atomic mass is 10.1. The van der Waals surface area contributed by atoms with Gasteiger partial charge in [-0.1, -0.05) is 201 Å². The average Bonchev–Trinajstić information content (AvgIpc) is 3.29. The Bertz CT molecular complexity index is 1300. The van der Waals surface area contributed by atoms with Gasteiger partial charge >= 0.3 is 17.9 Å². The van der Waals surface area contributed by atoms with Gasteiger partial charge in [-0.15, -0.1) is 0 Å². The summed E-state index contributed by atoms with van der Waals surface area (Å²) in [5.41, 5.74) is 0. The SMILES string of the molecule is CC/C=C\C/C=C\C/C=C\C/C=C\C/C=C\CCCC(=O)OCC(COC(=O)CCCCC/C=C\CCCCCCCCC)OC(=O)CCCCCCCC/C=C\C=C/CCCCC. The molecule has 0 aromatic heterocycles. The lowest BCUT2D eigenvalue weighted by molar-refractivity contribution is -0.167. The number of carbonyl (C=O) groups excluding carboxylic acids is 3. The van der Waals surface area contributed by atoms with E-state index in [1.54, 1.807) is 0 Å². The van der Waals surface area contributed by atoms with Crippen molar-refractivity contribution in [3.63, 3.8) is 0 Å². The van der Waals surface area contributed by atoms with Crippen molar-refractivity contribution in [2.45, 2.75) is 239 Å². The molecule has 64 heavy (non-hydrogen) atoms. The minimum absolute atomic E-state index is 0.109. The van der Waals surface area contributed by atoms with E-state index >= 15 is 0 Å². The first kappa shape index (κ1) is 60.3. The maximum atomic E-state index is 12.8. The highest BCUT2D eigenvalue weighted by Gasteiger charge is 2.19. The summed E-state index contributed by atoms with van der Waals surface area (Å²) >= 11 is 0. The molecule has 0 amide bonds. The van der Waals surface area contributed by atoms with Crippen LogP contribution in [-0.4, -0.2) is 37.2 Å². The van der Waals surface area contributed by atoms with Crippen LogP contribution in [0.3, 0.4) is 0 Å². The van der Waals surface area contributed by atoms with Crippen LogP contribution >= 0.6 is 0 Å². The van der Waals surface area contributed by atoms with Gasteiger partial charge in [0.25, 0.3) is 0 Å². The van der Waals surface area contributed by atoms with E-state index in [-0.39, 0.29) is 37.5 Å². The van der Waals surface area contributed by atoms with Crippen molar-refractivity contribution >= 4 is 17.9 Å². The largest absolute Gasteiger partial charge is 0.462 e. The number of hydrogen-bond acceptors (Lipinski definition) is 6. The van der Waals surface area contributed by atoms with Crippen molar-refractivity contribution < 1.29 is 28.6 Å². The molecule has 0 aromatic rings. The van der Waals surface area contributed by atoms with E-state index in [9.17, 15) is 14.4 Å². The predicted molar refractivity (Wildman–Crippen MR) is 274 cm³/mol. The molecular formula is C58H96O6. The molecular weight excluding hydrogens is 793 g/mol. The third-order valence-corrected chi connectivity index (χ3v) is 10.8. The fourth-order valence-electron chi connectivity index (χ4n) is 6.87. The predicted octanol–water partition coefficient (Wildman–Crippen LogP) is 17.4. The van der Waals surface area contributed by atoms with E-state index in [0.29, 0.717) is 19.3 Å². The Morgan fingerprint density at radius 2 is 0.672 bits per heavy atom. The number of carbonyl (C=O) groups is 3. The Balaban J connectivity index is 4.53. The summed E-state index contributed by atoms with van der Waals surface area (Å²) in [5, 5.41) is 0. The van der Waals surface area contributed by atoms with Crippen LogP contribution < -0.4 is 0 Å². The second-order valence-electron chi connectivity index (χ2n) is 17.1. The number of ether oxygens (including phenoxy) is 3. The number of esters is 3. The molecule has 0 fully saturated rings. The molecule has 0 spiro atoms. The van der Waals surface area contributed by atoms with Gasteiger partial charge in [-0.25, -0.2) is 0 Å². The zero-order chi connectivity index (χ0) is 46.5. The molecule has 0 aliphatic rings. The van der Waals surface area contributed by atoms with Crippen molar-refractivity contribution in [1.82, 2.24) is 0 Å². The lowest BCUT2D eigenvalue weighted by Gasteiger charge is -2.18. The van der Waals surface area contributed by atoms with Crippen LogP contribution in [0.25, 0.3) is 0 Å². The Kier molecular flexibility index (Phi) is 49.0. The van der Waals surface area contributed by atoms with Gasteiger partial charge in [0.1, 0.15) is 13.2 Å². The second kappa shape index (κ2) is 52.0. The molecule has 0 saturated heterocycles. The number of allylic oxidation sites excluding steroid dienone is 16. The molecule has 1 atom stereocenters. The molecule has 1 unspecified atom stereocenters. The van der Waals surface area contributed by atoms with Crippen LogP contribution in [0.5, 0.6) is 0 Å². The molecule has 0 heterocycles. The van der Waals surface area contributed by atoms with E-state index in [4.69, 9.17) is 14.2 Å². The molecule has 0 saturated carbocycles. The summed E-state index contributed by atoms with van der Waals surface area (Å²) in [5.74, 6) is -0.998. The lowest BCUT2D eigenvalue weighted by Crippen LogP contribution is -2.30. The molecule has 0 radical (unpaired) electrons. The van der Waals surface area contributed by atoms with Gasteiger partial charge in [-0.2, -0.15) is 0 Å². The maximum Gasteiger partial charge on any atom is 0.306 e. The van der Waals surface area contributed by atoms with E-state index in [1.165, 1.54) is 83.5 Å². The molecule has 0 aromatic carbocycles. The molecule has 6 heteroatoms. The number of hydrogen-bond donors (Lipinski definition) is 0. The molecule has 0 aliphatic carbocycles. The van der Waals surface area contributed by atoms with Crippen LogP contribution in [0.15, 0.2) is 97.2 Å². The molecule has 0 N–H and O–H groups in total. The fraction of sp³-hybridized carbons (Fsp3) is 0.672. The van der Waals surface area contributed by atoms with E-state index < -0.39 is 6.10 Å². The molecule has 0 bridgehead atoms. The second-order valence-corrected chi connectivity index (χ2v) is 17.1. The first-order valence-corrected chi connectivity index (χ1v) is 26.3. The number of rotatable bonds is 46. The minimum atomic E-state index is -0.813.